The fourth-order valence-corrected chi connectivity index (χ4v) is 2.97. The van der Waals surface area contributed by atoms with E-state index in [-0.39, 0.29) is 6.10 Å². The minimum absolute atomic E-state index is 0.386. The summed E-state index contributed by atoms with van der Waals surface area (Å²) in [4.78, 5) is 0. The maximum absolute atomic E-state index is 10.3. The third-order valence-corrected chi connectivity index (χ3v) is 4.07. The molecular weight excluding hydrogens is 224 g/mol. The smallest absolute Gasteiger partial charge is 0.124 e. The quantitative estimate of drug-likeness (QED) is 0.850. The Morgan fingerprint density at radius 2 is 1.94 bits per heavy atom. The second-order valence-corrected chi connectivity index (χ2v) is 5.34. The van der Waals surface area contributed by atoms with Crippen molar-refractivity contribution in [2.24, 2.45) is 5.92 Å². The van der Waals surface area contributed by atoms with Crippen LogP contribution < -0.4 is 4.74 Å². The van der Waals surface area contributed by atoms with Gasteiger partial charge >= 0.3 is 0 Å². The zero-order chi connectivity index (χ0) is 12.8. The van der Waals surface area contributed by atoms with Crippen LogP contribution >= 0.6 is 0 Å². The van der Waals surface area contributed by atoms with E-state index in [2.05, 4.69) is 0 Å². The highest BCUT2D eigenvalue weighted by Crippen LogP contribution is 2.32. The van der Waals surface area contributed by atoms with Crippen molar-refractivity contribution in [2.75, 3.05) is 7.11 Å². The van der Waals surface area contributed by atoms with Crippen LogP contribution in [0.3, 0.4) is 0 Å². The summed E-state index contributed by atoms with van der Waals surface area (Å²) in [6.07, 6.45) is 8.43. The molecular formula is C16H24O2. The Hall–Kier alpha value is -1.02. The van der Waals surface area contributed by atoms with Gasteiger partial charge in [0.25, 0.3) is 0 Å². The van der Waals surface area contributed by atoms with Crippen LogP contribution in [0.5, 0.6) is 5.75 Å². The lowest BCUT2D eigenvalue weighted by Gasteiger charge is -2.23. The lowest BCUT2D eigenvalue weighted by Crippen LogP contribution is -2.09. The molecule has 1 atom stereocenters. The number of methoxy groups -OCH3 is 1. The number of benzene rings is 1. The highest BCUT2D eigenvalue weighted by Gasteiger charge is 2.17. The lowest BCUT2D eigenvalue weighted by molar-refractivity contribution is 0.148. The topological polar surface area (TPSA) is 29.5 Å². The maximum atomic E-state index is 10.3. The molecule has 0 spiro atoms. The van der Waals surface area contributed by atoms with Gasteiger partial charge < -0.3 is 9.84 Å². The molecule has 0 amide bonds. The first-order valence-corrected chi connectivity index (χ1v) is 7.12. The monoisotopic (exact) mass is 248 g/mol. The first-order chi connectivity index (χ1) is 8.81. The van der Waals surface area contributed by atoms with E-state index in [4.69, 9.17) is 4.74 Å². The Bertz CT molecular complexity index is 356. The highest BCUT2D eigenvalue weighted by atomic mass is 16.5. The summed E-state index contributed by atoms with van der Waals surface area (Å²) in [6, 6.07) is 7.78. The molecule has 0 aromatic heterocycles. The Balaban J connectivity index is 1.88. The Morgan fingerprint density at radius 3 is 2.67 bits per heavy atom. The molecule has 2 nitrogen and oxygen atoms in total. The van der Waals surface area contributed by atoms with Crippen molar-refractivity contribution in [1.82, 2.24) is 0 Å². The van der Waals surface area contributed by atoms with Gasteiger partial charge in [0.2, 0.25) is 0 Å². The number of hydrogen-bond donors (Lipinski definition) is 1. The highest BCUT2D eigenvalue weighted by molar-refractivity contribution is 5.34. The number of rotatable bonds is 5. The number of ether oxygens (including phenoxy) is 1. The van der Waals surface area contributed by atoms with Gasteiger partial charge in [-0.05, 0) is 24.8 Å². The molecule has 1 aliphatic rings. The van der Waals surface area contributed by atoms with Crippen molar-refractivity contribution in [3.05, 3.63) is 29.8 Å². The molecule has 18 heavy (non-hydrogen) atoms. The van der Waals surface area contributed by atoms with Crippen LogP contribution in [0.4, 0.5) is 0 Å². The van der Waals surface area contributed by atoms with Gasteiger partial charge in [-0.15, -0.1) is 0 Å². The molecule has 1 aliphatic carbocycles. The summed E-state index contributed by atoms with van der Waals surface area (Å²) >= 11 is 0. The van der Waals surface area contributed by atoms with Crippen LogP contribution in [0.1, 0.15) is 56.6 Å². The van der Waals surface area contributed by atoms with E-state index in [9.17, 15) is 5.11 Å². The molecule has 1 aromatic carbocycles. The van der Waals surface area contributed by atoms with Gasteiger partial charge in [-0.3, -0.25) is 0 Å². The van der Waals surface area contributed by atoms with Crippen LogP contribution in [0, 0.1) is 5.92 Å². The second kappa shape index (κ2) is 6.79. The van der Waals surface area contributed by atoms with Crippen molar-refractivity contribution < 1.29 is 9.84 Å². The van der Waals surface area contributed by atoms with E-state index >= 15 is 0 Å². The number of hydrogen-bond acceptors (Lipinski definition) is 2. The van der Waals surface area contributed by atoms with Crippen molar-refractivity contribution in [1.29, 1.82) is 0 Å². The van der Waals surface area contributed by atoms with Crippen LogP contribution in [-0.2, 0) is 0 Å². The summed E-state index contributed by atoms with van der Waals surface area (Å²) < 4.78 is 5.30. The van der Waals surface area contributed by atoms with Crippen molar-refractivity contribution in [2.45, 2.75) is 51.0 Å². The predicted octanol–water partition coefficient (Wildman–Crippen LogP) is 4.09. The molecule has 2 heteroatoms. The van der Waals surface area contributed by atoms with Crippen LogP contribution in [0.2, 0.25) is 0 Å². The third-order valence-electron chi connectivity index (χ3n) is 4.07. The molecule has 2 rings (SSSR count). The van der Waals surface area contributed by atoms with E-state index < -0.39 is 0 Å². The molecule has 1 aromatic rings. The minimum Gasteiger partial charge on any atom is -0.496 e. The van der Waals surface area contributed by atoms with Crippen LogP contribution in [0.25, 0.3) is 0 Å². The number of aliphatic hydroxyl groups is 1. The van der Waals surface area contributed by atoms with E-state index in [1.165, 1.54) is 32.1 Å². The molecule has 0 heterocycles. The van der Waals surface area contributed by atoms with Crippen molar-refractivity contribution in [3.8, 4) is 5.75 Å². The van der Waals surface area contributed by atoms with Crippen LogP contribution in [-0.4, -0.2) is 12.2 Å². The SMILES string of the molecule is COc1ccccc1C(O)CCC1CCCCC1. The molecule has 0 radical (unpaired) electrons. The predicted molar refractivity (Wildman–Crippen MR) is 73.8 cm³/mol. The Kier molecular flexibility index (Phi) is 5.06. The molecule has 1 saturated carbocycles. The fraction of sp³-hybridized carbons (Fsp3) is 0.625. The zero-order valence-electron chi connectivity index (χ0n) is 11.3. The summed E-state index contributed by atoms with van der Waals surface area (Å²) in [5.74, 6) is 1.62. The fourth-order valence-electron chi connectivity index (χ4n) is 2.97. The second-order valence-electron chi connectivity index (χ2n) is 5.34. The Labute approximate surface area is 110 Å². The number of para-hydroxylation sites is 1. The summed E-state index contributed by atoms with van der Waals surface area (Å²) in [5.41, 5.74) is 0.927. The summed E-state index contributed by atoms with van der Waals surface area (Å²) in [7, 11) is 1.66. The van der Waals surface area contributed by atoms with Gasteiger partial charge in [0.1, 0.15) is 5.75 Å². The standard InChI is InChI=1S/C16H24O2/c1-18-16-10-6-5-9-14(16)15(17)12-11-13-7-3-2-4-8-13/h5-6,9-10,13,15,17H,2-4,7-8,11-12H2,1H3. The molecule has 0 saturated heterocycles. The van der Waals surface area contributed by atoms with E-state index in [1.54, 1.807) is 7.11 Å². The Morgan fingerprint density at radius 1 is 1.22 bits per heavy atom. The van der Waals surface area contributed by atoms with E-state index in [0.29, 0.717) is 0 Å². The summed E-state index contributed by atoms with van der Waals surface area (Å²) in [6.45, 7) is 0. The van der Waals surface area contributed by atoms with Crippen LogP contribution in [0.15, 0.2) is 24.3 Å². The molecule has 100 valence electrons. The van der Waals surface area contributed by atoms with Gasteiger partial charge in [0, 0.05) is 5.56 Å². The zero-order valence-corrected chi connectivity index (χ0v) is 11.3. The summed E-state index contributed by atoms with van der Waals surface area (Å²) in [5, 5.41) is 10.3. The first-order valence-electron chi connectivity index (χ1n) is 7.12. The average Bonchev–Trinajstić information content (AvgIpc) is 2.45. The maximum Gasteiger partial charge on any atom is 0.124 e. The van der Waals surface area contributed by atoms with Gasteiger partial charge in [-0.25, -0.2) is 0 Å². The molecule has 0 aliphatic heterocycles. The van der Waals surface area contributed by atoms with Gasteiger partial charge in [-0.1, -0.05) is 50.3 Å². The third kappa shape index (κ3) is 3.49. The molecule has 0 bridgehead atoms. The molecule has 1 unspecified atom stereocenters. The van der Waals surface area contributed by atoms with Crippen molar-refractivity contribution in [3.63, 3.8) is 0 Å². The molecule has 1 fully saturated rings. The first kappa shape index (κ1) is 13.4. The van der Waals surface area contributed by atoms with Gasteiger partial charge in [0.05, 0.1) is 13.2 Å². The van der Waals surface area contributed by atoms with Gasteiger partial charge in [-0.2, -0.15) is 0 Å². The van der Waals surface area contributed by atoms with Crippen molar-refractivity contribution >= 4 is 0 Å². The normalized spacial score (nSPS) is 18.6. The van der Waals surface area contributed by atoms with Gasteiger partial charge in [0.15, 0.2) is 0 Å². The molecule has 1 N–H and O–H groups in total. The number of aliphatic hydroxyl groups excluding tert-OH is 1. The minimum atomic E-state index is -0.386. The largest absolute Gasteiger partial charge is 0.496 e. The van der Waals surface area contributed by atoms with E-state index in [1.807, 2.05) is 24.3 Å². The van der Waals surface area contributed by atoms with E-state index in [0.717, 1.165) is 30.1 Å². The average molecular weight is 248 g/mol. The lowest BCUT2D eigenvalue weighted by atomic mass is 9.85.